The highest BCUT2D eigenvalue weighted by Crippen LogP contribution is 2.33. The topological polar surface area (TPSA) is 44.8 Å². The number of benzene rings is 1. The number of carbonyl (C=O) groups is 1. The molecule has 2 atom stereocenters. The van der Waals surface area contributed by atoms with Crippen LogP contribution in [0.3, 0.4) is 0 Å². The minimum Gasteiger partial charge on any atom is -0.460 e. The third kappa shape index (κ3) is 2.78. The lowest BCUT2D eigenvalue weighted by atomic mass is 10.1. The molecule has 0 aromatic heterocycles. The molecule has 2 rings (SSSR count). The molecule has 0 bridgehead atoms. The van der Waals surface area contributed by atoms with Gasteiger partial charge in [0.2, 0.25) is 0 Å². The quantitative estimate of drug-likeness (QED) is 0.604. The van der Waals surface area contributed by atoms with Crippen LogP contribution in [0.2, 0.25) is 0 Å². The molecule has 18 heavy (non-hydrogen) atoms. The monoisotopic (exact) mass is 248 g/mol. The van der Waals surface area contributed by atoms with Crippen LogP contribution in [0.25, 0.3) is 0 Å². The third-order valence-corrected chi connectivity index (χ3v) is 2.81. The molecule has 1 fully saturated rings. The Balaban J connectivity index is 1.95. The van der Waals surface area contributed by atoms with Crippen molar-refractivity contribution in [3.63, 3.8) is 0 Å². The number of ether oxygens (including phenoxy) is 3. The van der Waals surface area contributed by atoms with Gasteiger partial charge in [0.15, 0.2) is 5.79 Å². The summed E-state index contributed by atoms with van der Waals surface area (Å²) in [5.41, 5.74) is 0.947. The number of esters is 1. The van der Waals surface area contributed by atoms with E-state index in [1.165, 1.54) is 0 Å². The van der Waals surface area contributed by atoms with E-state index < -0.39 is 11.8 Å². The van der Waals surface area contributed by atoms with Crippen molar-refractivity contribution in [3.05, 3.63) is 48.6 Å². The second-order valence-electron chi connectivity index (χ2n) is 4.20. The molecule has 4 nitrogen and oxygen atoms in total. The maximum atomic E-state index is 11.0. The fourth-order valence-electron chi connectivity index (χ4n) is 1.85. The zero-order chi connectivity index (χ0) is 13.0. The standard InChI is InChI=1S/C14H16O4/c1-3-13(15)16-9-12-10-17-14(2,18-12)11-7-5-4-6-8-11/h3-8,12H,1,9-10H2,2H3. The third-order valence-electron chi connectivity index (χ3n) is 2.81. The Bertz CT molecular complexity index is 429. The van der Waals surface area contributed by atoms with Crippen LogP contribution in [0.15, 0.2) is 43.0 Å². The lowest BCUT2D eigenvalue weighted by Crippen LogP contribution is -2.26. The second-order valence-corrected chi connectivity index (χ2v) is 4.20. The first-order valence-corrected chi connectivity index (χ1v) is 5.80. The van der Waals surface area contributed by atoms with Crippen LogP contribution in [0.4, 0.5) is 0 Å². The van der Waals surface area contributed by atoms with E-state index in [2.05, 4.69) is 6.58 Å². The number of rotatable bonds is 4. The van der Waals surface area contributed by atoms with Gasteiger partial charge in [0, 0.05) is 11.6 Å². The fourth-order valence-corrected chi connectivity index (χ4v) is 1.85. The van der Waals surface area contributed by atoms with Crippen molar-refractivity contribution < 1.29 is 19.0 Å². The van der Waals surface area contributed by atoms with Gasteiger partial charge < -0.3 is 14.2 Å². The van der Waals surface area contributed by atoms with Crippen molar-refractivity contribution in [1.82, 2.24) is 0 Å². The van der Waals surface area contributed by atoms with E-state index in [9.17, 15) is 4.79 Å². The molecular weight excluding hydrogens is 232 g/mol. The molecule has 1 aliphatic heterocycles. The molecule has 96 valence electrons. The summed E-state index contributed by atoms with van der Waals surface area (Å²) in [6.07, 6.45) is 0.880. The molecule has 4 heteroatoms. The predicted molar refractivity (Wildman–Crippen MR) is 65.8 cm³/mol. The molecule has 0 spiro atoms. The summed E-state index contributed by atoms with van der Waals surface area (Å²) in [5, 5.41) is 0. The minimum atomic E-state index is -0.771. The summed E-state index contributed by atoms with van der Waals surface area (Å²) in [7, 11) is 0. The van der Waals surface area contributed by atoms with E-state index in [0.29, 0.717) is 6.61 Å². The van der Waals surface area contributed by atoms with Gasteiger partial charge >= 0.3 is 5.97 Å². The normalized spacial score (nSPS) is 26.8. The predicted octanol–water partition coefficient (Wildman–Crippen LogP) is 2.00. The highest BCUT2D eigenvalue weighted by molar-refractivity contribution is 5.81. The average molecular weight is 248 g/mol. The van der Waals surface area contributed by atoms with E-state index in [0.717, 1.165) is 11.6 Å². The van der Waals surface area contributed by atoms with Gasteiger partial charge in [-0.1, -0.05) is 36.9 Å². The molecule has 1 aliphatic rings. The second kappa shape index (κ2) is 5.33. The minimum absolute atomic E-state index is 0.174. The van der Waals surface area contributed by atoms with Gasteiger partial charge in [0.25, 0.3) is 0 Å². The van der Waals surface area contributed by atoms with Gasteiger partial charge in [-0.05, 0) is 6.92 Å². The summed E-state index contributed by atoms with van der Waals surface area (Å²) >= 11 is 0. The molecular formula is C14H16O4. The van der Waals surface area contributed by atoms with Gasteiger partial charge in [-0.3, -0.25) is 0 Å². The Labute approximate surface area is 106 Å². The lowest BCUT2D eigenvalue weighted by Gasteiger charge is -2.23. The number of hydrogen-bond acceptors (Lipinski definition) is 4. The smallest absolute Gasteiger partial charge is 0.330 e. The van der Waals surface area contributed by atoms with Crippen LogP contribution in [-0.4, -0.2) is 25.3 Å². The number of carbonyl (C=O) groups excluding carboxylic acids is 1. The summed E-state index contributed by atoms with van der Waals surface area (Å²) < 4.78 is 16.4. The Hall–Kier alpha value is -1.65. The van der Waals surface area contributed by atoms with Crippen molar-refractivity contribution in [2.45, 2.75) is 18.8 Å². The zero-order valence-corrected chi connectivity index (χ0v) is 10.3. The molecule has 0 radical (unpaired) electrons. The van der Waals surface area contributed by atoms with Crippen LogP contribution in [0.5, 0.6) is 0 Å². The molecule has 0 amide bonds. The van der Waals surface area contributed by atoms with Gasteiger partial charge in [-0.25, -0.2) is 4.79 Å². The van der Waals surface area contributed by atoms with Crippen LogP contribution in [-0.2, 0) is 24.8 Å². The van der Waals surface area contributed by atoms with E-state index >= 15 is 0 Å². The molecule has 0 saturated carbocycles. The van der Waals surface area contributed by atoms with E-state index in [4.69, 9.17) is 14.2 Å². The Kier molecular flexibility index (Phi) is 3.79. The van der Waals surface area contributed by atoms with Crippen molar-refractivity contribution in [2.75, 3.05) is 13.2 Å². The van der Waals surface area contributed by atoms with Crippen molar-refractivity contribution in [2.24, 2.45) is 0 Å². The Morgan fingerprint density at radius 3 is 2.94 bits per heavy atom. The van der Waals surface area contributed by atoms with Gasteiger partial charge in [0.1, 0.15) is 12.7 Å². The summed E-state index contributed by atoms with van der Waals surface area (Å²) in [5.74, 6) is -1.22. The average Bonchev–Trinajstić information content (AvgIpc) is 2.80. The molecule has 0 N–H and O–H groups in total. The summed E-state index contributed by atoms with van der Waals surface area (Å²) in [6.45, 7) is 5.77. The first-order chi connectivity index (χ1) is 8.64. The molecule has 1 aromatic rings. The molecule has 0 aliphatic carbocycles. The van der Waals surface area contributed by atoms with E-state index in [-0.39, 0.29) is 12.7 Å². The van der Waals surface area contributed by atoms with Crippen LogP contribution < -0.4 is 0 Å². The van der Waals surface area contributed by atoms with Crippen LogP contribution in [0, 0.1) is 0 Å². The van der Waals surface area contributed by atoms with E-state index in [1.807, 2.05) is 37.3 Å². The number of hydrogen-bond donors (Lipinski definition) is 0. The maximum absolute atomic E-state index is 11.0. The molecule has 1 saturated heterocycles. The first-order valence-electron chi connectivity index (χ1n) is 5.80. The highest BCUT2D eigenvalue weighted by Gasteiger charge is 2.39. The van der Waals surface area contributed by atoms with Gasteiger partial charge in [0.05, 0.1) is 6.61 Å². The SMILES string of the molecule is C=CC(=O)OCC1COC(C)(c2ccccc2)O1. The Morgan fingerprint density at radius 2 is 2.28 bits per heavy atom. The lowest BCUT2D eigenvalue weighted by molar-refractivity contribution is -0.170. The maximum Gasteiger partial charge on any atom is 0.330 e. The van der Waals surface area contributed by atoms with Crippen molar-refractivity contribution in [1.29, 1.82) is 0 Å². The Morgan fingerprint density at radius 1 is 1.56 bits per heavy atom. The van der Waals surface area contributed by atoms with Crippen LogP contribution in [0.1, 0.15) is 12.5 Å². The van der Waals surface area contributed by atoms with Gasteiger partial charge in [-0.2, -0.15) is 0 Å². The van der Waals surface area contributed by atoms with Crippen molar-refractivity contribution in [3.8, 4) is 0 Å². The molecule has 1 heterocycles. The van der Waals surface area contributed by atoms with Crippen LogP contribution >= 0.6 is 0 Å². The van der Waals surface area contributed by atoms with Crippen molar-refractivity contribution >= 4 is 5.97 Å². The fraction of sp³-hybridized carbons (Fsp3) is 0.357. The summed E-state index contributed by atoms with van der Waals surface area (Å²) in [6, 6.07) is 9.68. The molecule has 1 aromatic carbocycles. The highest BCUT2D eigenvalue weighted by atomic mass is 16.7. The summed E-state index contributed by atoms with van der Waals surface area (Å²) in [4.78, 5) is 11.0. The van der Waals surface area contributed by atoms with E-state index in [1.54, 1.807) is 0 Å². The van der Waals surface area contributed by atoms with Gasteiger partial charge in [-0.15, -0.1) is 0 Å². The molecule has 2 unspecified atom stereocenters. The zero-order valence-electron chi connectivity index (χ0n) is 10.3. The first kappa shape index (κ1) is 12.8. The largest absolute Gasteiger partial charge is 0.460 e.